The molecule has 0 aliphatic carbocycles. The van der Waals surface area contributed by atoms with E-state index in [4.69, 9.17) is 4.74 Å². The SMILES string of the molecule is COC(=O)c1ccc(OC(C)C)c(C)c1. The number of hydrogen-bond acceptors (Lipinski definition) is 3. The molecule has 0 spiro atoms. The summed E-state index contributed by atoms with van der Waals surface area (Å²) in [5.41, 5.74) is 1.48. The highest BCUT2D eigenvalue weighted by Gasteiger charge is 2.08. The van der Waals surface area contributed by atoms with Crippen molar-refractivity contribution in [1.29, 1.82) is 0 Å². The molecule has 1 aromatic carbocycles. The topological polar surface area (TPSA) is 35.5 Å². The van der Waals surface area contributed by atoms with Crippen LogP contribution >= 0.6 is 0 Å². The highest BCUT2D eigenvalue weighted by atomic mass is 16.5. The maximum absolute atomic E-state index is 11.2. The van der Waals surface area contributed by atoms with Gasteiger partial charge in [0.25, 0.3) is 0 Å². The number of aryl methyl sites for hydroxylation is 1. The Morgan fingerprint density at radius 1 is 1.33 bits per heavy atom. The third-order valence-electron chi connectivity index (χ3n) is 1.96. The van der Waals surface area contributed by atoms with Crippen molar-refractivity contribution in [2.45, 2.75) is 26.9 Å². The lowest BCUT2D eigenvalue weighted by atomic mass is 10.1. The molecule has 1 rings (SSSR count). The number of benzene rings is 1. The Balaban J connectivity index is 2.93. The van der Waals surface area contributed by atoms with Crippen LogP contribution in [0.3, 0.4) is 0 Å². The van der Waals surface area contributed by atoms with Gasteiger partial charge in [-0.3, -0.25) is 0 Å². The van der Waals surface area contributed by atoms with Gasteiger partial charge in [0.05, 0.1) is 18.8 Å². The van der Waals surface area contributed by atoms with Crippen molar-refractivity contribution in [2.24, 2.45) is 0 Å². The standard InChI is InChI=1S/C12H16O3/c1-8(2)15-11-6-5-10(7-9(11)3)12(13)14-4/h5-8H,1-4H3. The Labute approximate surface area is 90.0 Å². The Morgan fingerprint density at radius 3 is 2.47 bits per heavy atom. The molecule has 15 heavy (non-hydrogen) atoms. The maximum Gasteiger partial charge on any atom is 0.337 e. The molecule has 82 valence electrons. The van der Waals surface area contributed by atoms with E-state index in [0.29, 0.717) is 5.56 Å². The number of carbonyl (C=O) groups excluding carboxylic acids is 1. The van der Waals surface area contributed by atoms with Crippen LogP contribution in [0.25, 0.3) is 0 Å². The molecular formula is C12H16O3. The molecule has 0 aromatic heterocycles. The largest absolute Gasteiger partial charge is 0.491 e. The molecule has 0 radical (unpaired) electrons. The molecule has 0 amide bonds. The summed E-state index contributed by atoms with van der Waals surface area (Å²) in [5, 5.41) is 0. The first-order chi connectivity index (χ1) is 7.04. The second-order valence-corrected chi connectivity index (χ2v) is 3.64. The summed E-state index contributed by atoms with van der Waals surface area (Å²) in [7, 11) is 1.37. The summed E-state index contributed by atoms with van der Waals surface area (Å²) in [4.78, 5) is 11.2. The third kappa shape index (κ3) is 2.98. The molecule has 0 fully saturated rings. The first-order valence-electron chi connectivity index (χ1n) is 4.90. The average molecular weight is 208 g/mol. The Bertz CT molecular complexity index is 356. The van der Waals surface area contributed by atoms with E-state index in [1.54, 1.807) is 18.2 Å². The van der Waals surface area contributed by atoms with Crippen LogP contribution in [0.15, 0.2) is 18.2 Å². The van der Waals surface area contributed by atoms with Gasteiger partial charge in [-0.05, 0) is 44.5 Å². The summed E-state index contributed by atoms with van der Waals surface area (Å²) in [6, 6.07) is 5.27. The Kier molecular flexibility index (Phi) is 3.72. The molecule has 0 heterocycles. The van der Waals surface area contributed by atoms with Crippen LogP contribution in [0.1, 0.15) is 29.8 Å². The average Bonchev–Trinajstić information content (AvgIpc) is 2.19. The van der Waals surface area contributed by atoms with Gasteiger partial charge in [0.1, 0.15) is 5.75 Å². The molecule has 0 aliphatic heterocycles. The van der Waals surface area contributed by atoms with Crippen molar-refractivity contribution in [3.63, 3.8) is 0 Å². The van der Waals surface area contributed by atoms with E-state index < -0.39 is 0 Å². The molecule has 3 nitrogen and oxygen atoms in total. The number of ether oxygens (including phenoxy) is 2. The lowest BCUT2D eigenvalue weighted by molar-refractivity contribution is 0.0600. The van der Waals surface area contributed by atoms with Gasteiger partial charge in [-0.2, -0.15) is 0 Å². The van der Waals surface area contributed by atoms with Gasteiger partial charge in [-0.1, -0.05) is 0 Å². The minimum Gasteiger partial charge on any atom is -0.491 e. The molecule has 0 unspecified atom stereocenters. The molecular weight excluding hydrogens is 192 g/mol. The molecule has 0 saturated heterocycles. The molecule has 0 bridgehead atoms. The monoisotopic (exact) mass is 208 g/mol. The van der Waals surface area contributed by atoms with Crippen LogP contribution in [0, 0.1) is 6.92 Å². The molecule has 0 aliphatic rings. The highest BCUT2D eigenvalue weighted by Crippen LogP contribution is 2.20. The van der Waals surface area contributed by atoms with Crippen LogP contribution in [-0.2, 0) is 4.74 Å². The predicted molar refractivity (Wildman–Crippen MR) is 58.3 cm³/mol. The van der Waals surface area contributed by atoms with Gasteiger partial charge >= 0.3 is 5.97 Å². The summed E-state index contributed by atoms with van der Waals surface area (Å²) in [5.74, 6) is 0.479. The maximum atomic E-state index is 11.2. The van der Waals surface area contributed by atoms with E-state index in [1.165, 1.54) is 7.11 Å². The number of rotatable bonds is 3. The van der Waals surface area contributed by atoms with Gasteiger partial charge < -0.3 is 9.47 Å². The van der Waals surface area contributed by atoms with Crippen LogP contribution in [0.5, 0.6) is 5.75 Å². The van der Waals surface area contributed by atoms with Gasteiger partial charge in [0.2, 0.25) is 0 Å². The van der Waals surface area contributed by atoms with Gasteiger partial charge in [0, 0.05) is 0 Å². The van der Waals surface area contributed by atoms with Crippen molar-refractivity contribution in [3.8, 4) is 5.75 Å². The van der Waals surface area contributed by atoms with E-state index in [2.05, 4.69) is 4.74 Å². The van der Waals surface area contributed by atoms with Crippen LogP contribution < -0.4 is 4.74 Å². The van der Waals surface area contributed by atoms with Crippen LogP contribution in [-0.4, -0.2) is 19.2 Å². The molecule has 1 aromatic rings. The molecule has 0 N–H and O–H groups in total. The van der Waals surface area contributed by atoms with Crippen molar-refractivity contribution < 1.29 is 14.3 Å². The van der Waals surface area contributed by atoms with Crippen molar-refractivity contribution in [1.82, 2.24) is 0 Å². The van der Waals surface area contributed by atoms with E-state index in [9.17, 15) is 4.79 Å². The minimum atomic E-state index is -0.325. The van der Waals surface area contributed by atoms with E-state index >= 15 is 0 Å². The molecule has 3 heteroatoms. The quantitative estimate of drug-likeness (QED) is 0.716. The molecule has 0 saturated carbocycles. The van der Waals surface area contributed by atoms with Crippen molar-refractivity contribution in [2.75, 3.05) is 7.11 Å². The number of methoxy groups -OCH3 is 1. The normalized spacial score (nSPS) is 10.2. The predicted octanol–water partition coefficient (Wildman–Crippen LogP) is 2.57. The lowest BCUT2D eigenvalue weighted by Gasteiger charge is -2.12. The van der Waals surface area contributed by atoms with Crippen LogP contribution in [0.4, 0.5) is 0 Å². The smallest absolute Gasteiger partial charge is 0.337 e. The van der Waals surface area contributed by atoms with Gasteiger partial charge in [0.15, 0.2) is 0 Å². The first kappa shape index (κ1) is 11.6. The zero-order chi connectivity index (χ0) is 11.4. The fourth-order valence-electron chi connectivity index (χ4n) is 1.28. The van der Waals surface area contributed by atoms with Gasteiger partial charge in [-0.15, -0.1) is 0 Å². The first-order valence-corrected chi connectivity index (χ1v) is 4.90. The van der Waals surface area contributed by atoms with Gasteiger partial charge in [-0.25, -0.2) is 4.79 Å². The number of hydrogen-bond donors (Lipinski definition) is 0. The second kappa shape index (κ2) is 4.82. The Hall–Kier alpha value is -1.51. The Morgan fingerprint density at radius 2 is 2.00 bits per heavy atom. The third-order valence-corrected chi connectivity index (χ3v) is 1.96. The second-order valence-electron chi connectivity index (χ2n) is 3.64. The number of esters is 1. The fraction of sp³-hybridized carbons (Fsp3) is 0.417. The highest BCUT2D eigenvalue weighted by molar-refractivity contribution is 5.89. The van der Waals surface area contributed by atoms with Crippen molar-refractivity contribution >= 4 is 5.97 Å². The zero-order valence-electron chi connectivity index (χ0n) is 9.53. The molecule has 0 atom stereocenters. The number of carbonyl (C=O) groups is 1. The van der Waals surface area contributed by atoms with E-state index in [-0.39, 0.29) is 12.1 Å². The lowest BCUT2D eigenvalue weighted by Crippen LogP contribution is -2.08. The van der Waals surface area contributed by atoms with Crippen molar-refractivity contribution in [3.05, 3.63) is 29.3 Å². The summed E-state index contributed by atoms with van der Waals surface area (Å²) < 4.78 is 10.2. The summed E-state index contributed by atoms with van der Waals surface area (Å²) in [6.07, 6.45) is 0.132. The minimum absolute atomic E-state index is 0.132. The van der Waals surface area contributed by atoms with E-state index in [0.717, 1.165) is 11.3 Å². The van der Waals surface area contributed by atoms with E-state index in [1.807, 2.05) is 20.8 Å². The van der Waals surface area contributed by atoms with Crippen LogP contribution in [0.2, 0.25) is 0 Å². The zero-order valence-corrected chi connectivity index (χ0v) is 9.53. The summed E-state index contributed by atoms with van der Waals surface area (Å²) in [6.45, 7) is 5.84. The fourth-order valence-corrected chi connectivity index (χ4v) is 1.28. The summed E-state index contributed by atoms with van der Waals surface area (Å²) >= 11 is 0.